The Morgan fingerprint density at radius 2 is 1.17 bits per heavy atom. The third kappa shape index (κ3) is 3.73. The zero-order chi connectivity index (χ0) is 21.0. The molecule has 29 heavy (non-hydrogen) atoms. The molecule has 1 heterocycles. The summed E-state index contributed by atoms with van der Waals surface area (Å²) in [6, 6.07) is 7.39. The lowest BCUT2D eigenvalue weighted by Gasteiger charge is -2.23. The van der Waals surface area contributed by atoms with Crippen LogP contribution in [0.3, 0.4) is 0 Å². The first kappa shape index (κ1) is 20.9. The maximum atomic E-state index is 5.91. The van der Waals surface area contributed by atoms with Gasteiger partial charge in [-0.3, -0.25) is 0 Å². The minimum Gasteiger partial charge on any atom is -0.493 e. The second-order valence-electron chi connectivity index (χ2n) is 6.17. The highest BCUT2D eigenvalue weighted by atomic mass is 16.7. The van der Waals surface area contributed by atoms with Crippen molar-refractivity contribution >= 4 is 0 Å². The predicted octanol–water partition coefficient (Wildman–Crippen LogP) is 3.52. The first-order valence-corrected chi connectivity index (χ1v) is 8.95. The smallest absolute Gasteiger partial charge is 0.203 e. The number of benzene rings is 2. The van der Waals surface area contributed by atoms with Crippen molar-refractivity contribution in [2.45, 2.75) is 12.2 Å². The molecule has 1 saturated heterocycles. The number of rotatable bonds is 8. The summed E-state index contributed by atoms with van der Waals surface area (Å²) in [5.74, 6) is 3.17. The molecule has 0 amide bonds. The van der Waals surface area contributed by atoms with Gasteiger partial charge < -0.3 is 37.9 Å². The van der Waals surface area contributed by atoms with E-state index in [-0.39, 0.29) is 6.79 Å². The fourth-order valence-corrected chi connectivity index (χ4v) is 3.50. The van der Waals surface area contributed by atoms with Gasteiger partial charge in [-0.2, -0.15) is 0 Å². The molecule has 1 fully saturated rings. The van der Waals surface area contributed by atoms with E-state index in [1.165, 1.54) is 0 Å². The maximum absolute atomic E-state index is 5.91. The Bertz CT molecular complexity index is 826. The van der Waals surface area contributed by atoms with Crippen molar-refractivity contribution in [3.05, 3.63) is 35.4 Å². The van der Waals surface area contributed by atoms with Gasteiger partial charge in [0.15, 0.2) is 23.0 Å². The summed E-state index contributed by atoms with van der Waals surface area (Å²) < 4.78 is 44.7. The van der Waals surface area contributed by atoms with Crippen LogP contribution in [0.4, 0.5) is 0 Å². The Labute approximate surface area is 170 Å². The Morgan fingerprint density at radius 1 is 0.621 bits per heavy atom. The molecule has 2 aromatic carbocycles. The lowest BCUT2D eigenvalue weighted by molar-refractivity contribution is 0.0378. The van der Waals surface area contributed by atoms with Crippen molar-refractivity contribution in [3.8, 4) is 34.5 Å². The summed E-state index contributed by atoms with van der Waals surface area (Å²) in [6.07, 6.45) is -0.858. The molecule has 0 unspecified atom stereocenters. The lowest BCUT2D eigenvalue weighted by atomic mass is 9.96. The fraction of sp³-hybridized carbons (Fsp3) is 0.429. The average Bonchev–Trinajstić information content (AvgIpc) is 3.26. The highest BCUT2D eigenvalue weighted by Crippen LogP contribution is 2.50. The van der Waals surface area contributed by atoms with Gasteiger partial charge in [0, 0.05) is 5.56 Å². The van der Waals surface area contributed by atoms with Crippen molar-refractivity contribution in [2.24, 2.45) is 0 Å². The summed E-state index contributed by atoms with van der Waals surface area (Å²) in [6.45, 7) is 0.128. The highest BCUT2D eigenvalue weighted by Gasteiger charge is 2.36. The minimum absolute atomic E-state index is 0.128. The summed E-state index contributed by atoms with van der Waals surface area (Å²) >= 11 is 0. The Morgan fingerprint density at radius 3 is 1.69 bits per heavy atom. The maximum Gasteiger partial charge on any atom is 0.203 e. The van der Waals surface area contributed by atoms with E-state index in [0.717, 1.165) is 11.1 Å². The Kier molecular flexibility index (Phi) is 6.56. The van der Waals surface area contributed by atoms with Crippen molar-refractivity contribution in [3.63, 3.8) is 0 Å². The topological polar surface area (TPSA) is 73.8 Å². The molecule has 8 heteroatoms. The summed E-state index contributed by atoms with van der Waals surface area (Å²) in [5.41, 5.74) is 1.60. The van der Waals surface area contributed by atoms with Crippen LogP contribution in [0.5, 0.6) is 34.5 Å². The van der Waals surface area contributed by atoms with Crippen molar-refractivity contribution < 1.29 is 37.9 Å². The number of ether oxygens (including phenoxy) is 8. The molecule has 8 nitrogen and oxygen atoms in total. The normalized spacial score (nSPS) is 18.3. The van der Waals surface area contributed by atoms with Crippen molar-refractivity contribution in [1.82, 2.24) is 0 Å². The molecule has 1 aliphatic heterocycles. The third-order valence-corrected chi connectivity index (χ3v) is 4.83. The first-order chi connectivity index (χ1) is 14.1. The van der Waals surface area contributed by atoms with E-state index >= 15 is 0 Å². The zero-order valence-electron chi connectivity index (χ0n) is 17.4. The number of hydrogen-bond acceptors (Lipinski definition) is 8. The molecule has 1 aliphatic rings. The van der Waals surface area contributed by atoms with Gasteiger partial charge in [0.1, 0.15) is 19.0 Å². The van der Waals surface area contributed by atoms with Gasteiger partial charge in [-0.1, -0.05) is 0 Å². The van der Waals surface area contributed by atoms with Crippen LogP contribution >= 0.6 is 0 Å². The fourth-order valence-electron chi connectivity index (χ4n) is 3.50. The highest BCUT2D eigenvalue weighted by molar-refractivity contribution is 5.58. The minimum atomic E-state index is -0.437. The van der Waals surface area contributed by atoms with Crippen molar-refractivity contribution in [2.75, 3.05) is 49.5 Å². The van der Waals surface area contributed by atoms with E-state index in [1.807, 2.05) is 24.3 Å². The molecule has 0 spiro atoms. The van der Waals surface area contributed by atoms with E-state index in [9.17, 15) is 0 Å². The lowest BCUT2D eigenvalue weighted by Crippen LogP contribution is -2.10. The van der Waals surface area contributed by atoms with E-state index in [0.29, 0.717) is 34.5 Å². The average molecular weight is 406 g/mol. The van der Waals surface area contributed by atoms with Gasteiger partial charge in [-0.15, -0.1) is 0 Å². The zero-order valence-corrected chi connectivity index (χ0v) is 17.4. The molecule has 0 radical (unpaired) electrons. The van der Waals surface area contributed by atoms with E-state index in [4.69, 9.17) is 37.9 Å². The van der Waals surface area contributed by atoms with Crippen LogP contribution in [0.15, 0.2) is 24.3 Å². The van der Waals surface area contributed by atoms with Gasteiger partial charge >= 0.3 is 0 Å². The molecule has 0 aromatic heterocycles. The number of methoxy groups -OCH3 is 6. The Balaban J connectivity index is 2.08. The quantitative estimate of drug-likeness (QED) is 0.659. The van der Waals surface area contributed by atoms with Crippen LogP contribution < -0.4 is 28.4 Å². The van der Waals surface area contributed by atoms with E-state index < -0.39 is 12.2 Å². The van der Waals surface area contributed by atoms with Crippen LogP contribution in [-0.2, 0) is 9.47 Å². The molecule has 2 atom stereocenters. The van der Waals surface area contributed by atoms with Gasteiger partial charge in [-0.25, -0.2) is 0 Å². The molecule has 2 aromatic rings. The van der Waals surface area contributed by atoms with E-state index in [1.54, 1.807) is 42.7 Å². The van der Waals surface area contributed by atoms with Gasteiger partial charge in [-0.05, 0) is 29.8 Å². The number of hydrogen-bond donors (Lipinski definition) is 0. The van der Waals surface area contributed by atoms with Crippen LogP contribution in [-0.4, -0.2) is 49.5 Å². The monoisotopic (exact) mass is 406 g/mol. The predicted molar refractivity (Wildman–Crippen MR) is 105 cm³/mol. The van der Waals surface area contributed by atoms with Gasteiger partial charge in [0.05, 0.1) is 42.7 Å². The summed E-state index contributed by atoms with van der Waals surface area (Å²) in [7, 11) is 9.42. The van der Waals surface area contributed by atoms with Crippen molar-refractivity contribution in [1.29, 1.82) is 0 Å². The molecule has 3 rings (SSSR count). The van der Waals surface area contributed by atoms with E-state index in [2.05, 4.69) is 0 Å². The molecule has 0 N–H and O–H groups in total. The molecule has 158 valence electrons. The molecule has 0 bridgehead atoms. The van der Waals surface area contributed by atoms with Gasteiger partial charge in [0.2, 0.25) is 11.5 Å². The largest absolute Gasteiger partial charge is 0.493 e. The van der Waals surface area contributed by atoms with Crippen LogP contribution in [0, 0.1) is 0 Å². The standard InChI is InChI=1S/C21H26O8/c1-22-14-8-7-13(18(25-4)21(14)27-6)19-17(28-11-29-19)12-9-15(23-2)20(26-5)16(10-12)24-3/h7-10,17,19H,11H2,1-6H3/t17-,19-/m0/s1. The molecular formula is C21H26O8. The van der Waals surface area contributed by atoms with Crippen LogP contribution in [0.2, 0.25) is 0 Å². The van der Waals surface area contributed by atoms with Crippen LogP contribution in [0.25, 0.3) is 0 Å². The summed E-state index contributed by atoms with van der Waals surface area (Å²) in [4.78, 5) is 0. The summed E-state index contributed by atoms with van der Waals surface area (Å²) in [5, 5.41) is 0. The molecular weight excluding hydrogens is 380 g/mol. The molecule has 0 saturated carbocycles. The van der Waals surface area contributed by atoms with Crippen LogP contribution in [0.1, 0.15) is 23.3 Å². The second kappa shape index (κ2) is 9.11. The SMILES string of the molecule is COc1cc([C@@H]2OCO[C@H]2c2ccc(OC)c(OC)c2OC)cc(OC)c1OC. The first-order valence-electron chi connectivity index (χ1n) is 8.95. The second-order valence-corrected chi connectivity index (χ2v) is 6.17. The third-order valence-electron chi connectivity index (χ3n) is 4.83. The van der Waals surface area contributed by atoms with Gasteiger partial charge in [0.25, 0.3) is 0 Å². The Hall–Kier alpha value is -2.84. The molecule has 0 aliphatic carbocycles.